The Morgan fingerprint density at radius 1 is 1.29 bits per heavy atom. The highest BCUT2D eigenvalue weighted by atomic mass is 19.1. The number of fused-ring (bicyclic) bond motifs is 1. The van der Waals surface area contributed by atoms with Crippen molar-refractivity contribution in [2.24, 2.45) is 5.92 Å². The summed E-state index contributed by atoms with van der Waals surface area (Å²) in [5, 5.41) is 4.25. The average Bonchev–Trinajstić information content (AvgIpc) is 2.72. The second kappa shape index (κ2) is 9.48. The Balaban J connectivity index is 1.45. The van der Waals surface area contributed by atoms with Gasteiger partial charge in [-0.05, 0) is 61.3 Å². The van der Waals surface area contributed by atoms with E-state index in [1.54, 1.807) is 12.3 Å². The van der Waals surface area contributed by atoms with E-state index in [9.17, 15) is 14.0 Å². The fourth-order valence-electron chi connectivity index (χ4n) is 3.64. The van der Waals surface area contributed by atoms with Crippen LogP contribution in [0, 0.1) is 11.7 Å². The van der Waals surface area contributed by atoms with Gasteiger partial charge in [-0.2, -0.15) is 0 Å². The number of carbonyl (C=O) groups excluding carboxylic acids is 2. The molecule has 1 aliphatic rings. The minimum atomic E-state index is -0.326. The van der Waals surface area contributed by atoms with Crippen LogP contribution in [0.1, 0.15) is 32.1 Å². The Kier molecular flexibility index (Phi) is 6.79. The molecule has 6 nitrogen and oxygen atoms in total. The number of rotatable bonds is 7. The Morgan fingerprint density at radius 3 is 2.82 bits per heavy atom. The van der Waals surface area contributed by atoms with Gasteiger partial charge in [0.25, 0.3) is 5.91 Å². The van der Waals surface area contributed by atoms with Crippen LogP contribution in [0.25, 0.3) is 10.8 Å². The van der Waals surface area contributed by atoms with Gasteiger partial charge in [0, 0.05) is 38.1 Å². The third-order valence-electron chi connectivity index (χ3n) is 5.26. The number of likely N-dealkylation sites (N-methyl/N-ethyl adjacent to an activating group) is 1. The van der Waals surface area contributed by atoms with Crippen LogP contribution < -0.4 is 10.2 Å². The van der Waals surface area contributed by atoms with Gasteiger partial charge in [0.05, 0.1) is 0 Å². The van der Waals surface area contributed by atoms with Crippen LogP contribution in [0.15, 0.2) is 30.5 Å². The van der Waals surface area contributed by atoms with E-state index in [0.717, 1.165) is 55.4 Å². The molecule has 28 heavy (non-hydrogen) atoms. The second-order valence-corrected chi connectivity index (χ2v) is 7.16. The molecule has 0 radical (unpaired) electrons. The maximum Gasteiger partial charge on any atom is 0.306 e. The van der Waals surface area contributed by atoms with Gasteiger partial charge in [-0.3, -0.25) is 9.59 Å². The molecule has 0 unspecified atom stereocenters. The summed E-state index contributed by atoms with van der Waals surface area (Å²) in [6.45, 7) is 1.58. The largest absolute Gasteiger partial charge is 0.456 e. The molecule has 2 aromatic rings. The summed E-state index contributed by atoms with van der Waals surface area (Å²) in [6.07, 6.45) is 5.88. The number of halogens is 1. The predicted octanol–water partition coefficient (Wildman–Crippen LogP) is 3.05. The number of carbonyl (C=O) groups is 2. The quantitative estimate of drug-likeness (QED) is 0.740. The van der Waals surface area contributed by atoms with Gasteiger partial charge < -0.3 is 15.0 Å². The minimum absolute atomic E-state index is 0.213. The standard InChI is InChI=1S/C21H26FN3O3/c1-23-19(26)14-28-20(27)4-2-3-15-8-11-25(12-9-15)21-18-6-5-17(22)13-16(18)7-10-24-21/h5-7,10,13,15H,2-4,8-9,11-12,14H2,1H3,(H,23,26). The number of pyridine rings is 1. The fraction of sp³-hybridized carbons (Fsp3) is 0.476. The third-order valence-corrected chi connectivity index (χ3v) is 5.26. The first-order valence-corrected chi connectivity index (χ1v) is 9.72. The molecule has 1 N–H and O–H groups in total. The van der Waals surface area contributed by atoms with Crippen molar-refractivity contribution < 1.29 is 18.7 Å². The molecule has 1 aromatic heterocycles. The molecule has 7 heteroatoms. The first kappa shape index (κ1) is 20.0. The number of anilines is 1. The molecule has 3 rings (SSSR count). The molecule has 2 heterocycles. The third kappa shape index (κ3) is 5.18. The van der Waals surface area contributed by atoms with E-state index in [1.165, 1.54) is 19.2 Å². The van der Waals surface area contributed by atoms with Gasteiger partial charge in [-0.1, -0.05) is 0 Å². The van der Waals surface area contributed by atoms with Crippen molar-refractivity contribution in [1.82, 2.24) is 10.3 Å². The molecule has 1 aliphatic heterocycles. The van der Waals surface area contributed by atoms with Crippen molar-refractivity contribution in [3.05, 3.63) is 36.3 Å². The summed E-state index contributed by atoms with van der Waals surface area (Å²) in [6, 6.07) is 6.64. The molecule has 0 spiro atoms. The summed E-state index contributed by atoms with van der Waals surface area (Å²) >= 11 is 0. The fourth-order valence-corrected chi connectivity index (χ4v) is 3.64. The molecule has 1 amide bonds. The van der Waals surface area contributed by atoms with E-state index in [2.05, 4.69) is 15.2 Å². The lowest BCUT2D eigenvalue weighted by atomic mass is 9.91. The van der Waals surface area contributed by atoms with Gasteiger partial charge in [-0.25, -0.2) is 9.37 Å². The van der Waals surface area contributed by atoms with E-state index in [0.29, 0.717) is 12.3 Å². The highest BCUT2D eigenvalue weighted by Gasteiger charge is 2.21. The molecular formula is C21H26FN3O3. The number of amides is 1. The number of nitrogens with one attached hydrogen (secondary N) is 1. The number of nitrogens with zero attached hydrogens (tertiary/aromatic N) is 2. The molecule has 150 valence electrons. The van der Waals surface area contributed by atoms with Crippen molar-refractivity contribution in [3.63, 3.8) is 0 Å². The van der Waals surface area contributed by atoms with Crippen LogP contribution in [0.5, 0.6) is 0 Å². The number of piperidine rings is 1. The Bertz CT molecular complexity index is 835. The molecule has 0 atom stereocenters. The molecular weight excluding hydrogens is 361 g/mol. The molecule has 1 aromatic carbocycles. The van der Waals surface area contributed by atoms with E-state index in [4.69, 9.17) is 4.74 Å². The van der Waals surface area contributed by atoms with Gasteiger partial charge in [0.15, 0.2) is 6.61 Å². The zero-order chi connectivity index (χ0) is 19.9. The number of ether oxygens (including phenoxy) is 1. The summed E-state index contributed by atoms with van der Waals surface area (Å²) in [5.41, 5.74) is 0. The predicted molar refractivity (Wildman–Crippen MR) is 106 cm³/mol. The highest BCUT2D eigenvalue weighted by molar-refractivity contribution is 5.92. The Hall–Kier alpha value is -2.70. The number of aromatic nitrogens is 1. The van der Waals surface area contributed by atoms with Crippen LogP contribution in [-0.4, -0.2) is 43.6 Å². The lowest BCUT2D eigenvalue weighted by Gasteiger charge is -2.33. The van der Waals surface area contributed by atoms with Crippen LogP contribution in [0.3, 0.4) is 0 Å². The highest BCUT2D eigenvalue weighted by Crippen LogP contribution is 2.30. The molecule has 1 saturated heterocycles. The van der Waals surface area contributed by atoms with E-state index in [1.807, 2.05) is 6.07 Å². The van der Waals surface area contributed by atoms with Gasteiger partial charge >= 0.3 is 5.97 Å². The minimum Gasteiger partial charge on any atom is -0.456 e. The maximum absolute atomic E-state index is 13.5. The van der Waals surface area contributed by atoms with Crippen molar-refractivity contribution in [3.8, 4) is 0 Å². The zero-order valence-electron chi connectivity index (χ0n) is 16.1. The van der Waals surface area contributed by atoms with Crippen LogP contribution in [-0.2, 0) is 14.3 Å². The second-order valence-electron chi connectivity index (χ2n) is 7.16. The first-order chi connectivity index (χ1) is 13.6. The first-order valence-electron chi connectivity index (χ1n) is 9.72. The topological polar surface area (TPSA) is 71.5 Å². The van der Waals surface area contributed by atoms with Crippen molar-refractivity contribution in [2.45, 2.75) is 32.1 Å². The summed E-state index contributed by atoms with van der Waals surface area (Å²) in [5.74, 6) is 0.611. The van der Waals surface area contributed by atoms with Crippen LogP contribution in [0.4, 0.5) is 10.2 Å². The Morgan fingerprint density at radius 2 is 2.07 bits per heavy atom. The van der Waals surface area contributed by atoms with E-state index in [-0.39, 0.29) is 24.3 Å². The molecule has 0 bridgehead atoms. The van der Waals surface area contributed by atoms with Crippen LogP contribution in [0.2, 0.25) is 0 Å². The SMILES string of the molecule is CNC(=O)COC(=O)CCCC1CCN(c2nccc3cc(F)ccc23)CC1. The number of hydrogen-bond donors (Lipinski definition) is 1. The van der Waals surface area contributed by atoms with Gasteiger partial charge in [0.2, 0.25) is 0 Å². The summed E-state index contributed by atoms with van der Waals surface area (Å²) in [4.78, 5) is 29.5. The molecule has 0 saturated carbocycles. The van der Waals surface area contributed by atoms with E-state index < -0.39 is 0 Å². The van der Waals surface area contributed by atoms with Gasteiger partial charge in [-0.15, -0.1) is 0 Å². The lowest BCUT2D eigenvalue weighted by molar-refractivity contribution is -0.148. The van der Waals surface area contributed by atoms with Gasteiger partial charge in [0.1, 0.15) is 11.6 Å². The smallest absolute Gasteiger partial charge is 0.306 e. The number of esters is 1. The number of benzene rings is 1. The monoisotopic (exact) mass is 387 g/mol. The maximum atomic E-state index is 13.5. The summed E-state index contributed by atoms with van der Waals surface area (Å²) in [7, 11) is 1.51. The Labute approximate surface area is 164 Å². The van der Waals surface area contributed by atoms with Crippen LogP contribution >= 0.6 is 0 Å². The number of hydrogen-bond acceptors (Lipinski definition) is 5. The normalized spacial score (nSPS) is 14.9. The van der Waals surface area contributed by atoms with Crippen molar-refractivity contribution in [2.75, 3.05) is 31.6 Å². The summed E-state index contributed by atoms with van der Waals surface area (Å²) < 4.78 is 18.4. The zero-order valence-corrected chi connectivity index (χ0v) is 16.1. The van der Waals surface area contributed by atoms with Crippen molar-refractivity contribution in [1.29, 1.82) is 0 Å². The average molecular weight is 387 g/mol. The van der Waals surface area contributed by atoms with Crippen molar-refractivity contribution >= 4 is 28.5 Å². The lowest BCUT2D eigenvalue weighted by Crippen LogP contribution is -2.34. The van der Waals surface area contributed by atoms with E-state index >= 15 is 0 Å². The molecule has 1 fully saturated rings. The molecule has 0 aliphatic carbocycles.